The van der Waals surface area contributed by atoms with Crippen LogP contribution in [-0.2, 0) is 25.0 Å². The molecular formula is C27H33N3O4. The fourth-order valence-electron chi connectivity index (χ4n) is 3.75. The molecule has 1 aromatic heterocycles. The maximum absolute atomic E-state index is 12.6. The SMILES string of the molecule is CC(C)N(Cc1ccc(C(C)(C)C)cc1)Cc1nc(C(=O)NCc2ccc3c(c2)OCO3)co1. The molecule has 0 atom stereocenters. The number of amides is 1. The highest BCUT2D eigenvalue weighted by Gasteiger charge is 2.19. The van der Waals surface area contributed by atoms with Crippen LogP contribution in [0, 0.1) is 0 Å². The van der Waals surface area contributed by atoms with Crippen LogP contribution < -0.4 is 14.8 Å². The summed E-state index contributed by atoms with van der Waals surface area (Å²) in [6.07, 6.45) is 1.42. The molecule has 0 saturated carbocycles. The van der Waals surface area contributed by atoms with E-state index in [9.17, 15) is 4.79 Å². The number of rotatable bonds is 8. The molecule has 0 aliphatic carbocycles. The highest BCUT2D eigenvalue weighted by molar-refractivity contribution is 5.91. The van der Waals surface area contributed by atoms with Crippen molar-refractivity contribution < 1.29 is 18.7 Å². The molecule has 4 rings (SSSR count). The number of fused-ring (bicyclic) bond motifs is 1. The van der Waals surface area contributed by atoms with Gasteiger partial charge in [0.1, 0.15) is 6.26 Å². The molecule has 2 heterocycles. The summed E-state index contributed by atoms with van der Waals surface area (Å²) in [7, 11) is 0. The number of nitrogens with one attached hydrogen (secondary N) is 1. The highest BCUT2D eigenvalue weighted by atomic mass is 16.7. The Hall–Kier alpha value is -3.32. The first-order valence-electron chi connectivity index (χ1n) is 11.6. The Labute approximate surface area is 201 Å². The van der Waals surface area contributed by atoms with Crippen molar-refractivity contribution in [2.24, 2.45) is 0 Å². The van der Waals surface area contributed by atoms with E-state index in [0.29, 0.717) is 24.7 Å². The zero-order chi connectivity index (χ0) is 24.3. The molecule has 0 radical (unpaired) electrons. The lowest BCUT2D eigenvalue weighted by Crippen LogP contribution is -2.30. The molecule has 3 aromatic rings. The molecule has 1 aliphatic rings. The van der Waals surface area contributed by atoms with Crippen LogP contribution in [0.3, 0.4) is 0 Å². The van der Waals surface area contributed by atoms with Crippen molar-refractivity contribution in [2.45, 2.75) is 65.7 Å². The maximum atomic E-state index is 12.6. The Morgan fingerprint density at radius 1 is 1.03 bits per heavy atom. The van der Waals surface area contributed by atoms with Gasteiger partial charge < -0.3 is 19.2 Å². The largest absolute Gasteiger partial charge is 0.454 e. The van der Waals surface area contributed by atoms with E-state index in [1.54, 1.807) is 0 Å². The second-order valence-corrected chi connectivity index (χ2v) is 9.94. The maximum Gasteiger partial charge on any atom is 0.273 e. The van der Waals surface area contributed by atoms with Crippen molar-refractivity contribution in [3.63, 3.8) is 0 Å². The number of aromatic nitrogens is 1. The third-order valence-corrected chi connectivity index (χ3v) is 5.95. The summed E-state index contributed by atoms with van der Waals surface area (Å²) in [6.45, 7) is 12.8. The van der Waals surface area contributed by atoms with Crippen molar-refractivity contribution in [3.05, 3.63) is 77.0 Å². The predicted molar refractivity (Wildman–Crippen MR) is 130 cm³/mol. The standard InChI is InChI=1S/C27H33N3O4/c1-18(2)30(14-19-6-9-21(10-7-19)27(3,4)5)15-25-29-22(16-32-25)26(31)28-13-20-8-11-23-24(12-20)34-17-33-23/h6-12,16,18H,13-15,17H2,1-5H3,(H,28,31). The second-order valence-electron chi connectivity index (χ2n) is 9.94. The van der Waals surface area contributed by atoms with Gasteiger partial charge in [-0.25, -0.2) is 4.98 Å². The average molecular weight is 464 g/mol. The topological polar surface area (TPSA) is 76.8 Å². The molecule has 0 unspecified atom stereocenters. The Morgan fingerprint density at radius 2 is 1.74 bits per heavy atom. The number of hydrogen-bond acceptors (Lipinski definition) is 6. The molecule has 0 bridgehead atoms. The first-order chi connectivity index (χ1) is 16.2. The average Bonchev–Trinajstić information content (AvgIpc) is 3.46. The van der Waals surface area contributed by atoms with Crippen LogP contribution >= 0.6 is 0 Å². The predicted octanol–water partition coefficient (Wildman–Crippen LogP) is 5.04. The number of carbonyl (C=O) groups is 1. The summed E-state index contributed by atoms with van der Waals surface area (Å²) in [6, 6.07) is 14.7. The number of nitrogens with zero attached hydrogens (tertiary/aromatic N) is 2. The van der Waals surface area contributed by atoms with Crippen LogP contribution in [-0.4, -0.2) is 28.6 Å². The summed E-state index contributed by atoms with van der Waals surface area (Å²) in [4.78, 5) is 19.3. The number of ether oxygens (including phenoxy) is 2. The Balaban J connectivity index is 1.34. The van der Waals surface area contributed by atoms with Crippen molar-refractivity contribution in [2.75, 3.05) is 6.79 Å². The van der Waals surface area contributed by atoms with Gasteiger partial charge in [0, 0.05) is 19.1 Å². The molecule has 7 nitrogen and oxygen atoms in total. The first-order valence-corrected chi connectivity index (χ1v) is 11.6. The van der Waals surface area contributed by atoms with E-state index >= 15 is 0 Å². The van der Waals surface area contributed by atoms with Crippen molar-refractivity contribution in [1.29, 1.82) is 0 Å². The van der Waals surface area contributed by atoms with Gasteiger partial charge >= 0.3 is 0 Å². The van der Waals surface area contributed by atoms with E-state index in [2.05, 4.69) is 74.1 Å². The van der Waals surface area contributed by atoms with Crippen molar-refractivity contribution in [1.82, 2.24) is 15.2 Å². The minimum absolute atomic E-state index is 0.133. The van der Waals surface area contributed by atoms with Crippen LogP contribution in [0.15, 0.2) is 53.1 Å². The van der Waals surface area contributed by atoms with Gasteiger partial charge in [-0.2, -0.15) is 0 Å². The molecule has 1 aliphatic heterocycles. The number of carbonyl (C=O) groups excluding carboxylic acids is 1. The van der Waals surface area contributed by atoms with Gasteiger partial charge in [0.25, 0.3) is 5.91 Å². The zero-order valence-electron chi connectivity index (χ0n) is 20.6. The van der Waals surface area contributed by atoms with Crippen LogP contribution in [0.5, 0.6) is 11.5 Å². The van der Waals surface area contributed by atoms with E-state index in [0.717, 1.165) is 17.9 Å². The van der Waals surface area contributed by atoms with Crippen LogP contribution in [0.2, 0.25) is 0 Å². The van der Waals surface area contributed by atoms with Gasteiger partial charge in [0.2, 0.25) is 12.7 Å². The van der Waals surface area contributed by atoms with E-state index in [1.165, 1.54) is 17.4 Å². The monoisotopic (exact) mass is 463 g/mol. The van der Waals surface area contributed by atoms with Crippen LogP contribution in [0.4, 0.5) is 0 Å². The van der Waals surface area contributed by atoms with Crippen LogP contribution in [0.1, 0.15) is 67.7 Å². The summed E-state index contributed by atoms with van der Waals surface area (Å²) in [5, 5.41) is 2.88. The molecule has 0 fully saturated rings. The van der Waals surface area contributed by atoms with Gasteiger partial charge in [-0.15, -0.1) is 0 Å². The molecule has 7 heteroatoms. The van der Waals surface area contributed by atoms with Gasteiger partial charge in [-0.3, -0.25) is 9.69 Å². The van der Waals surface area contributed by atoms with Gasteiger partial charge in [0.05, 0.1) is 6.54 Å². The lowest BCUT2D eigenvalue weighted by atomic mass is 9.87. The smallest absolute Gasteiger partial charge is 0.273 e. The van der Waals surface area contributed by atoms with E-state index < -0.39 is 0 Å². The normalized spacial score (nSPS) is 13.0. The molecule has 2 aromatic carbocycles. The lowest BCUT2D eigenvalue weighted by molar-refractivity contribution is 0.0945. The fourth-order valence-corrected chi connectivity index (χ4v) is 3.75. The molecule has 0 saturated heterocycles. The third-order valence-electron chi connectivity index (χ3n) is 5.95. The van der Waals surface area contributed by atoms with E-state index in [1.807, 2.05) is 18.2 Å². The molecule has 180 valence electrons. The summed E-state index contributed by atoms with van der Waals surface area (Å²) in [5.74, 6) is 1.66. The van der Waals surface area contributed by atoms with Crippen molar-refractivity contribution >= 4 is 5.91 Å². The minimum Gasteiger partial charge on any atom is -0.454 e. The molecule has 1 amide bonds. The van der Waals surface area contributed by atoms with E-state index in [4.69, 9.17) is 13.9 Å². The first kappa shape index (κ1) is 23.8. The van der Waals surface area contributed by atoms with Gasteiger partial charge in [-0.05, 0) is 48.1 Å². The quantitative estimate of drug-likeness (QED) is 0.504. The van der Waals surface area contributed by atoms with Crippen LogP contribution in [0.25, 0.3) is 0 Å². The summed E-state index contributed by atoms with van der Waals surface area (Å²) < 4.78 is 16.3. The Kier molecular flexibility index (Phi) is 6.93. The highest BCUT2D eigenvalue weighted by Crippen LogP contribution is 2.32. The van der Waals surface area contributed by atoms with Gasteiger partial charge in [0.15, 0.2) is 17.2 Å². The minimum atomic E-state index is -0.276. The van der Waals surface area contributed by atoms with Crippen molar-refractivity contribution in [3.8, 4) is 11.5 Å². The second kappa shape index (κ2) is 9.89. The molecule has 0 spiro atoms. The zero-order valence-corrected chi connectivity index (χ0v) is 20.6. The Bertz CT molecular complexity index is 1130. The van der Waals surface area contributed by atoms with Gasteiger partial charge in [-0.1, -0.05) is 51.1 Å². The summed E-state index contributed by atoms with van der Waals surface area (Å²) >= 11 is 0. The molecule has 1 N–H and O–H groups in total. The lowest BCUT2D eigenvalue weighted by Gasteiger charge is -2.25. The number of benzene rings is 2. The van der Waals surface area contributed by atoms with E-state index in [-0.39, 0.29) is 29.9 Å². The number of hydrogen-bond donors (Lipinski definition) is 1. The molecular weight excluding hydrogens is 430 g/mol. The fraction of sp³-hybridized carbons (Fsp3) is 0.407. The molecule has 34 heavy (non-hydrogen) atoms. The third kappa shape index (κ3) is 5.78. The summed E-state index contributed by atoms with van der Waals surface area (Å²) in [5.41, 5.74) is 3.87. The Morgan fingerprint density at radius 3 is 2.44 bits per heavy atom. The number of oxazole rings is 1.